The zero-order valence-corrected chi connectivity index (χ0v) is 19.2. The molecule has 1 N–H and O–H groups in total. The molecular weight excluding hydrogens is 422 g/mol. The lowest BCUT2D eigenvalue weighted by Crippen LogP contribution is -2.39. The van der Waals surface area contributed by atoms with Crippen LogP contribution in [-0.2, 0) is 27.4 Å². The Labute approximate surface area is 194 Å². The van der Waals surface area contributed by atoms with E-state index in [9.17, 15) is 9.59 Å². The summed E-state index contributed by atoms with van der Waals surface area (Å²) in [4.78, 5) is 27.4. The van der Waals surface area contributed by atoms with Crippen LogP contribution in [0.4, 0.5) is 0 Å². The molecular formula is C25H33N3O5. The van der Waals surface area contributed by atoms with E-state index in [-0.39, 0.29) is 29.7 Å². The van der Waals surface area contributed by atoms with Gasteiger partial charge in [0.2, 0.25) is 11.3 Å². The Bertz CT molecular complexity index is 972. The fourth-order valence-electron chi connectivity index (χ4n) is 4.39. The van der Waals surface area contributed by atoms with Gasteiger partial charge in [-0.3, -0.25) is 14.5 Å². The van der Waals surface area contributed by atoms with Crippen molar-refractivity contribution in [1.29, 1.82) is 0 Å². The summed E-state index contributed by atoms with van der Waals surface area (Å²) in [5, 5.41) is 3.04. The second-order valence-corrected chi connectivity index (χ2v) is 8.69. The number of nitrogens with zero attached hydrogens (tertiary/aromatic N) is 2. The standard InChI is InChI=1S/C25H33N3O5/c1-31-24-17-28(18-25(30)26-14-19-7-10-32-11-8-19)21(13-22(24)29)15-27-9-12-33-23(16-27)20-5-3-2-4-6-20/h2-6,13,17,19,23H,7-12,14-16,18H2,1H3,(H,26,30)/t23-/m0/s1. The maximum absolute atomic E-state index is 12.7. The first-order valence-corrected chi connectivity index (χ1v) is 11.6. The number of ether oxygens (including phenoxy) is 3. The first-order valence-electron chi connectivity index (χ1n) is 11.6. The van der Waals surface area contributed by atoms with Gasteiger partial charge in [0, 0.05) is 51.2 Å². The Hall–Kier alpha value is -2.68. The summed E-state index contributed by atoms with van der Waals surface area (Å²) in [6.45, 7) is 4.96. The minimum absolute atomic E-state index is 0.0128. The molecule has 0 saturated carbocycles. The van der Waals surface area contributed by atoms with Crippen molar-refractivity contribution in [2.24, 2.45) is 5.92 Å². The lowest BCUT2D eigenvalue weighted by atomic mass is 10.0. The Morgan fingerprint density at radius 2 is 1.97 bits per heavy atom. The molecule has 178 valence electrons. The molecule has 2 aromatic rings. The van der Waals surface area contributed by atoms with Gasteiger partial charge in [-0.1, -0.05) is 30.3 Å². The number of pyridine rings is 1. The number of amides is 1. The largest absolute Gasteiger partial charge is 0.491 e. The van der Waals surface area contributed by atoms with Crippen LogP contribution in [0.25, 0.3) is 0 Å². The molecule has 1 aromatic heterocycles. The van der Waals surface area contributed by atoms with Gasteiger partial charge in [0.25, 0.3) is 0 Å². The molecule has 0 aliphatic carbocycles. The minimum atomic E-state index is -0.181. The van der Waals surface area contributed by atoms with Crippen molar-refractivity contribution in [1.82, 2.24) is 14.8 Å². The summed E-state index contributed by atoms with van der Waals surface area (Å²) >= 11 is 0. The van der Waals surface area contributed by atoms with E-state index in [2.05, 4.69) is 22.3 Å². The molecule has 2 aliphatic rings. The summed E-state index contributed by atoms with van der Waals surface area (Å²) in [5.74, 6) is 0.617. The molecule has 33 heavy (non-hydrogen) atoms. The number of nitrogens with one attached hydrogen (secondary N) is 1. The lowest BCUT2D eigenvalue weighted by molar-refractivity contribution is -0.122. The number of rotatable bonds is 8. The van der Waals surface area contributed by atoms with Crippen LogP contribution in [0, 0.1) is 5.92 Å². The number of hydrogen-bond acceptors (Lipinski definition) is 6. The molecule has 2 fully saturated rings. The van der Waals surface area contributed by atoms with Gasteiger partial charge in [0.15, 0.2) is 5.75 Å². The number of morpholine rings is 1. The summed E-state index contributed by atoms with van der Waals surface area (Å²) in [6, 6.07) is 11.7. The Balaban J connectivity index is 1.43. The third-order valence-electron chi connectivity index (χ3n) is 6.35. The van der Waals surface area contributed by atoms with E-state index in [4.69, 9.17) is 14.2 Å². The van der Waals surface area contributed by atoms with E-state index >= 15 is 0 Å². The van der Waals surface area contributed by atoms with Gasteiger partial charge in [-0.15, -0.1) is 0 Å². The normalized spacial score (nSPS) is 19.8. The van der Waals surface area contributed by atoms with Crippen molar-refractivity contribution < 1.29 is 19.0 Å². The maximum atomic E-state index is 12.7. The molecule has 4 rings (SSSR count). The van der Waals surface area contributed by atoms with Crippen molar-refractivity contribution in [3.05, 3.63) is 64.1 Å². The lowest BCUT2D eigenvalue weighted by Gasteiger charge is -2.33. The second kappa shape index (κ2) is 11.4. The number of benzene rings is 1. The molecule has 2 aliphatic heterocycles. The van der Waals surface area contributed by atoms with Gasteiger partial charge in [-0.05, 0) is 24.3 Å². The van der Waals surface area contributed by atoms with Crippen molar-refractivity contribution >= 4 is 5.91 Å². The van der Waals surface area contributed by atoms with Crippen LogP contribution < -0.4 is 15.5 Å². The predicted molar refractivity (Wildman–Crippen MR) is 124 cm³/mol. The topological polar surface area (TPSA) is 82.0 Å². The van der Waals surface area contributed by atoms with E-state index in [1.54, 1.807) is 12.3 Å². The van der Waals surface area contributed by atoms with Gasteiger partial charge >= 0.3 is 0 Å². The minimum Gasteiger partial charge on any atom is -0.491 e. The molecule has 0 bridgehead atoms. The molecule has 8 heteroatoms. The Morgan fingerprint density at radius 3 is 2.73 bits per heavy atom. The first kappa shape index (κ1) is 23.5. The van der Waals surface area contributed by atoms with Crippen LogP contribution >= 0.6 is 0 Å². The molecule has 1 amide bonds. The molecule has 3 heterocycles. The van der Waals surface area contributed by atoms with Gasteiger partial charge in [-0.25, -0.2) is 0 Å². The van der Waals surface area contributed by atoms with Crippen LogP contribution in [-0.4, -0.2) is 61.9 Å². The third-order valence-corrected chi connectivity index (χ3v) is 6.35. The molecule has 2 saturated heterocycles. The first-order chi connectivity index (χ1) is 16.1. The van der Waals surface area contributed by atoms with E-state index < -0.39 is 0 Å². The number of carbonyl (C=O) groups excluding carboxylic acids is 1. The number of hydrogen-bond donors (Lipinski definition) is 1. The van der Waals surface area contributed by atoms with Crippen molar-refractivity contribution in [3.63, 3.8) is 0 Å². The second-order valence-electron chi connectivity index (χ2n) is 8.69. The fraction of sp³-hybridized carbons (Fsp3) is 0.520. The van der Waals surface area contributed by atoms with Crippen molar-refractivity contribution in [2.45, 2.75) is 32.0 Å². The van der Waals surface area contributed by atoms with Gasteiger partial charge in [0.1, 0.15) is 6.54 Å². The predicted octanol–water partition coefficient (Wildman–Crippen LogP) is 1.97. The van der Waals surface area contributed by atoms with Crippen LogP contribution in [0.3, 0.4) is 0 Å². The van der Waals surface area contributed by atoms with Crippen molar-refractivity contribution in [3.8, 4) is 5.75 Å². The quantitative estimate of drug-likeness (QED) is 0.656. The van der Waals surface area contributed by atoms with Crippen LogP contribution in [0.15, 0.2) is 47.4 Å². The highest BCUT2D eigenvalue weighted by atomic mass is 16.5. The maximum Gasteiger partial charge on any atom is 0.239 e. The summed E-state index contributed by atoms with van der Waals surface area (Å²) < 4.78 is 18.4. The molecule has 0 spiro atoms. The molecule has 1 atom stereocenters. The number of aromatic nitrogens is 1. The monoisotopic (exact) mass is 455 g/mol. The van der Waals surface area contributed by atoms with Crippen molar-refractivity contribution in [2.75, 3.05) is 46.6 Å². The van der Waals surface area contributed by atoms with Gasteiger partial charge in [-0.2, -0.15) is 0 Å². The highest BCUT2D eigenvalue weighted by Crippen LogP contribution is 2.23. The smallest absolute Gasteiger partial charge is 0.239 e. The molecule has 8 nitrogen and oxygen atoms in total. The molecule has 0 unspecified atom stereocenters. The Kier molecular flexibility index (Phi) is 8.15. The summed E-state index contributed by atoms with van der Waals surface area (Å²) in [5.41, 5.74) is 1.75. The van der Waals surface area contributed by atoms with Gasteiger partial charge in [0.05, 0.1) is 26.0 Å². The summed E-state index contributed by atoms with van der Waals surface area (Å²) in [7, 11) is 1.47. The van der Waals surface area contributed by atoms with E-state index in [0.29, 0.717) is 25.6 Å². The van der Waals surface area contributed by atoms with Crippen LogP contribution in [0.1, 0.15) is 30.2 Å². The highest BCUT2D eigenvalue weighted by molar-refractivity contribution is 5.75. The SMILES string of the molecule is COc1cn(CC(=O)NCC2CCOCC2)c(CN2CCO[C@H](c3ccccc3)C2)cc1=O. The van der Waals surface area contributed by atoms with E-state index in [0.717, 1.165) is 50.4 Å². The van der Waals surface area contributed by atoms with E-state index in [1.165, 1.54) is 7.11 Å². The molecule has 0 radical (unpaired) electrons. The van der Waals surface area contributed by atoms with Crippen LogP contribution in [0.2, 0.25) is 0 Å². The van der Waals surface area contributed by atoms with Gasteiger partial charge < -0.3 is 24.1 Å². The zero-order valence-electron chi connectivity index (χ0n) is 19.2. The average molecular weight is 456 g/mol. The fourth-order valence-corrected chi connectivity index (χ4v) is 4.39. The number of methoxy groups -OCH3 is 1. The average Bonchev–Trinajstić information content (AvgIpc) is 2.85. The molecule has 1 aromatic carbocycles. The third kappa shape index (κ3) is 6.43. The van der Waals surface area contributed by atoms with Crippen LogP contribution in [0.5, 0.6) is 5.75 Å². The number of carbonyl (C=O) groups is 1. The Morgan fingerprint density at radius 1 is 1.18 bits per heavy atom. The highest BCUT2D eigenvalue weighted by Gasteiger charge is 2.23. The zero-order chi connectivity index (χ0) is 23.0. The van der Waals surface area contributed by atoms with E-state index in [1.807, 2.05) is 22.8 Å². The summed E-state index contributed by atoms with van der Waals surface area (Å²) in [6.07, 6.45) is 3.57.